The normalized spacial score (nSPS) is 37.8. The van der Waals surface area contributed by atoms with Gasteiger partial charge in [-0.3, -0.25) is 5.41 Å². The van der Waals surface area contributed by atoms with E-state index in [0.717, 1.165) is 0 Å². The van der Waals surface area contributed by atoms with Crippen molar-refractivity contribution in [1.29, 1.82) is 5.41 Å². The molecule has 1 heterocycles. The average molecular weight is 314 g/mol. The average Bonchev–Trinajstić information content (AvgIpc) is 2.30. The van der Waals surface area contributed by atoms with E-state index in [4.69, 9.17) is 24.4 Å². The predicted molar refractivity (Wildman–Crippen MR) is 61.1 cm³/mol. The lowest BCUT2D eigenvalue weighted by Gasteiger charge is -2.41. The molecule has 2 unspecified atom stereocenters. The number of rotatable bonds is 4. The first-order valence-corrected chi connectivity index (χ1v) is 5.74. The maximum absolute atomic E-state index is 9.82. The molecule has 1 rings (SSSR count). The summed E-state index contributed by atoms with van der Waals surface area (Å²) in [6.07, 6.45) is -4.67. The van der Waals surface area contributed by atoms with E-state index in [1.165, 1.54) is 14.2 Å². The Morgan fingerprint density at radius 1 is 1.29 bits per heavy atom. The molecule has 100 valence electrons. The zero-order valence-electron chi connectivity index (χ0n) is 9.50. The third kappa shape index (κ3) is 3.60. The molecule has 1 aliphatic heterocycles. The van der Waals surface area contributed by atoms with Gasteiger partial charge in [-0.1, -0.05) is 0 Å². The van der Waals surface area contributed by atoms with Crippen LogP contribution in [0.15, 0.2) is 0 Å². The molecular formula is C9H16BrNO6. The first-order valence-electron chi connectivity index (χ1n) is 4.95. The molecular weight excluding hydrogens is 298 g/mol. The van der Waals surface area contributed by atoms with Crippen molar-refractivity contribution in [2.45, 2.75) is 30.7 Å². The number of methoxy groups -OCH3 is 2. The standard InChI is InChI=1S/C9H16BrNO6/c1-14-7-4(3-16-9(10)11)17-8(15-2)6(13)5(7)12/h4-8,11-13H,3H2,1-2H3/t4?,5-,6?,7-,8+/m0/s1. The highest BCUT2D eigenvalue weighted by molar-refractivity contribution is 9.18. The van der Waals surface area contributed by atoms with Gasteiger partial charge in [0.25, 0.3) is 4.81 Å². The van der Waals surface area contributed by atoms with Crippen LogP contribution in [0.25, 0.3) is 0 Å². The number of hydrogen-bond donors (Lipinski definition) is 3. The second-order valence-electron chi connectivity index (χ2n) is 3.54. The first kappa shape index (κ1) is 14.8. The molecule has 8 heteroatoms. The molecule has 3 N–H and O–H groups in total. The van der Waals surface area contributed by atoms with Crippen LogP contribution in [-0.4, -0.2) is 66.6 Å². The summed E-state index contributed by atoms with van der Waals surface area (Å²) in [7, 11) is 2.75. The third-order valence-corrected chi connectivity index (χ3v) is 2.75. The van der Waals surface area contributed by atoms with E-state index in [0.29, 0.717) is 0 Å². The summed E-state index contributed by atoms with van der Waals surface area (Å²) in [5, 5.41) is 26.6. The summed E-state index contributed by atoms with van der Waals surface area (Å²) in [6, 6.07) is 0. The van der Waals surface area contributed by atoms with Crippen LogP contribution >= 0.6 is 15.9 Å². The van der Waals surface area contributed by atoms with E-state index in [-0.39, 0.29) is 11.4 Å². The molecule has 0 spiro atoms. The smallest absolute Gasteiger partial charge is 0.251 e. The van der Waals surface area contributed by atoms with Gasteiger partial charge in [-0.2, -0.15) is 0 Å². The van der Waals surface area contributed by atoms with Crippen LogP contribution in [0.4, 0.5) is 0 Å². The summed E-state index contributed by atoms with van der Waals surface area (Å²) < 4.78 is 20.3. The van der Waals surface area contributed by atoms with Gasteiger partial charge in [0.2, 0.25) is 0 Å². The van der Waals surface area contributed by atoms with E-state index < -0.39 is 30.7 Å². The Labute approximate surface area is 107 Å². The van der Waals surface area contributed by atoms with Crippen LogP contribution in [0.3, 0.4) is 0 Å². The highest BCUT2D eigenvalue weighted by atomic mass is 79.9. The summed E-state index contributed by atoms with van der Waals surface area (Å²) in [5.41, 5.74) is 0. The molecule has 1 aliphatic rings. The molecule has 0 radical (unpaired) electrons. The van der Waals surface area contributed by atoms with Gasteiger partial charge >= 0.3 is 0 Å². The van der Waals surface area contributed by atoms with Crippen LogP contribution in [0.1, 0.15) is 0 Å². The lowest BCUT2D eigenvalue weighted by Crippen LogP contribution is -2.59. The van der Waals surface area contributed by atoms with Crippen LogP contribution < -0.4 is 0 Å². The number of aliphatic hydroxyl groups excluding tert-OH is 2. The fraction of sp³-hybridized carbons (Fsp3) is 0.889. The summed E-state index contributed by atoms with van der Waals surface area (Å²) >= 11 is 2.82. The second-order valence-corrected chi connectivity index (χ2v) is 4.27. The zero-order chi connectivity index (χ0) is 13.0. The molecule has 5 atom stereocenters. The molecule has 1 fully saturated rings. The lowest BCUT2D eigenvalue weighted by molar-refractivity contribution is -0.297. The van der Waals surface area contributed by atoms with Crippen LogP contribution in [-0.2, 0) is 18.9 Å². The Balaban J connectivity index is 2.68. The van der Waals surface area contributed by atoms with Crippen molar-refractivity contribution in [1.82, 2.24) is 0 Å². The topological polar surface area (TPSA) is 101 Å². The van der Waals surface area contributed by atoms with E-state index >= 15 is 0 Å². The van der Waals surface area contributed by atoms with Crippen LogP contribution in [0, 0.1) is 5.41 Å². The van der Waals surface area contributed by atoms with Crippen molar-refractivity contribution in [3.05, 3.63) is 0 Å². The fourth-order valence-electron chi connectivity index (χ4n) is 1.68. The molecule has 0 aliphatic carbocycles. The molecule has 0 aromatic carbocycles. The SMILES string of the molecule is CO[C@@H]1OC(COC(=N)Br)[C@H](OC)[C@@H](O)C1O. The summed E-state index contributed by atoms with van der Waals surface area (Å²) in [4.78, 5) is -0.148. The first-order chi connectivity index (χ1) is 8.01. The Hall–Kier alpha value is -0.250. The van der Waals surface area contributed by atoms with Gasteiger partial charge in [-0.15, -0.1) is 0 Å². The lowest BCUT2D eigenvalue weighted by atomic mass is 9.99. The van der Waals surface area contributed by atoms with Crippen LogP contribution in [0.2, 0.25) is 0 Å². The summed E-state index contributed by atoms with van der Waals surface area (Å²) in [5.74, 6) is 0. The number of hydrogen-bond acceptors (Lipinski definition) is 7. The minimum absolute atomic E-state index is 0.00618. The molecule has 0 bridgehead atoms. The van der Waals surface area contributed by atoms with Crippen molar-refractivity contribution in [2.24, 2.45) is 0 Å². The zero-order valence-corrected chi connectivity index (χ0v) is 11.1. The van der Waals surface area contributed by atoms with Crippen molar-refractivity contribution < 1.29 is 29.2 Å². The maximum atomic E-state index is 9.82. The quantitative estimate of drug-likeness (QED) is 0.475. The number of halogens is 1. The molecule has 17 heavy (non-hydrogen) atoms. The number of aliphatic hydroxyl groups is 2. The van der Waals surface area contributed by atoms with Crippen molar-refractivity contribution >= 4 is 20.7 Å². The van der Waals surface area contributed by atoms with Crippen LogP contribution in [0.5, 0.6) is 0 Å². The highest BCUT2D eigenvalue weighted by Gasteiger charge is 2.45. The highest BCUT2D eigenvalue weighted by Crippen LogP contribution is 2.24. The Morgan fingerprint density at radius 3 is 2.41 bits per heavy atom. The molecule has 0 saturated carbocycles. The molecule has 7 nitrogen and oxygen atoms in total. The monoisotopic (exact) mass is 313 g/mol. The third-order valence-electron chi connectivity index (χ3n) is 2.52. The molecule has 1 saturated heterocycles. The van der Waals surface area contributed by atoms with Gasteiger partial charge in [-0.25, -0.2) is 0 Å². The minimum Gasteiger partial charge on any atom is -0.470 e. The minimum atomic E-state index is -1.19. The Kier molecular flexibility index (Phi) is 5.77. The van der Waals surface area contributed by atoms with Gasteiger partial charge in [0.1, 0.15) is 31.0 Å². The molecule has 0 aromatic heterocycles. The van der Waals surface area contributed by atoms with Gasteiger partial charge in [0.15, 0.2) is 6.29 Å². The number of ether oxygens (including phenoxy) is 4. The van der Waals surface area contributed by atoms with E-state index in [1.54, 1.807) is 0 Å². The summed E-state index contributed by atoms with van der Waals surface area (Å²) in [6.45, 7) is 0.00618. The van der Waals surface area contributed by atoms with E-state index in [1.807, 2.05) is 0 Å². The van der Waals surface area contributed by atoms with Crippen molar-refractivity contribution in [3.8, 4) is 0 Å². The van der Waals surface area contributed by atoms with Gasteiger partial charge in [0, 0.05) is 30.1 Å². The maximum Gasteiger partial charge on any atom is 0.251 e. The number of nitrogens with one attached hydrogen (secondary N) is 1. The van der Waals surface area contributed by atoms with E-state index in [9.17, 15) is 10.2 Å². The largest absolute Gasteiger partial charge is 0.470 e. The van der Waals surface area contributed by atoms with Crippen molar-refractivity contribution in [2.75, 3.05) is 20.8 Å². The molecule has 0 aromatic rings. The van der Waals surface area contributed by atoms with Gasteiger partial charge in [0.05, 0.1) is 0 Å². The Morgan fingerprint density at radius 2 is 1.94 bits per heavy atom. The predicted octanol–water partition coefficient (Wildman–Crippen LogP) is -0.559. The van der Waals surface area contributed by atoms with Gasteiger partial charge < -0.3 is 29.2 Å². The molecule has 0 amide bonds. The van der Waals surface area contributed by atoms with Gasteiger partial charge in [-0.05, 0) is 0 Å². The van der Waals surface area contributed by atoms with E-state index in [2.05, 4.69) is 15.9 Å². The Bertz CT molecular complexity index is 266. The van der Waals surface area contributed by atoms with Crippen molar-refractivity contribution in [3.63, 3.8) is 0 Å². The fourth-order valence-corrected chi connectivity index (χ4v) is 1.81. The second kappa shape index (κ2) is 6.62.